The number of halogens is 1. The fourth-order valence-electron chi connectivity index (χ4n) is 0.978. The van der Waals surface area contributed by atoms with Crippen LogP contribution in [0.5, 0.6) is 0 Å². The number of rotatable bonds is 4. The Kier molecular flexibility index (Phi) is 4.77. The molecule has 1 rings (SSSR count). The lowest BCUT2D eigenvalue weighted by Gasteiger charge is -2.01. The average molecular weight is 226 g/mol. The normalized spacial score (nSPS) is 10.5. The van der Waals surface area contributed by atoms with E-state index in [1.54, 1.807) is 0 Å². The van der Waals surface area contributed by atoms with Gasteiger partial charge in [-0.2, -0.15) is 0 Å². The maximum atomic E-state index is 11.5. The molecule has 4 nitrogen and oxygen atoms in total. The van der Waals surface area contributed by atoms with Crippen molar-refractivity contribution in [3.8, 4) is 0 Å². The zero-order valence-electron chi connectivity index (χ0n) is 8.40. The van der Waals surface area contributed by atoms with Gasteiger partial charge in [-0.05, 0) is 13.3 Å². The fourth-order valence-corrected chi connectivity index (χ4v) is 1.13. The molecule has 0 aromatic carbocycles. The van der Waals surface area contributed by atoms with Crippen LogP contribution < -0.4 is 5.32 Å². The van der Waals surface area contributed by atoms with Crippen LogP contribution in [0.2, 0.25) is 5.15 Å². The first-order valence-electron chi connectivity index (χ1n) is 4.61. The Labute approximate surface area is 93.4 Å². The van der Waals surface area contributed by atoms with Crippen molar-refractivity contribution >= 4 is 17.5 Å². The van der Waals surface area contributed by atoms with E-state index in [2.05, 4.69) is 15.3 Å². The van der Waals surface area contributed by atoms with Gasteiger partial charge in [-0.1, -0.05) is 23.8 Å². The predicted octanol–water partition coefficient (Wildman–Crippen LogP) is 1.83. The summed E-state index contributed by atoms with van der Waals surface area (Å²) in [4.78, 5) is 19.1. The van der Waals surface area contributed by atoms with Gasteiger partial charge >= 0.3 is 0 Å². The SMILES string of the molecule is C/C=C/CCNC(=O)c1cncc(Cl)n1. The van der Waals surface area contributed by atoms with Crippen molar-refractivity contribution in [2.75, 3.05) is 6.54 Å². The lowest BCUT2D eigenvalue weighted by atomic mass is 10.3. The molecule has 0 radical (unpaired) electrons. The molecule has 5 heteroatoms. The smallest absolute Gasteiger partial charge is 0.271 e. The van der Waals surface area contributed by atoms with Crippen molar-refractivity contribution in [1.82, 2.24) is 15.3 Å². The van der Waals surface area contributed by atoms with E-state index in [1.807, 2.05) is 19.1 Å². The number of hydrogen-bond acceptors (Lipinski definition) is 3. The van der Waals surface area contributed by atoms with Gasteiger partial charge in [0.2, 0.25) is 0 Å². The summed E-state index contributed by atoms with van der Waals surface area (Å²) in [6.07, 6.45) is 7.49. The van der Waals surface area contributed by atoms with Crippen molar-refractivity contribution in [2.24, 2.45) is 0 Å². The summed E-state index contributed by atoms with van der Waals surface area (Å²) in [5, 5.41) is 2.93. The molecule has 15 heavy (non-hydrogen) atoms. The summed E-state index contributed by atoms with van der Waals surface area (Å²) < 4.78 is 0. The van der Waals surface area contributed by atoms with Gasteiger partial charge in [-0.15, -0.1) is 0 Å². The summed E-state index contributed by atoms with van der Waals surface area (Å²) in [7, 11) is 0. The molecule has 0 aliphatic carbocycles. The van der Waals surface area contributed by atoms with E-state index in [-0.39, 0.29) is 16.8 Å². The third-order valence-electron chi connectivity index (χ3n) is 1.67. The van der Waals surface area contributed by atoms with Crippen LogP contribution in [0, 0.1) is 0 Å². The highest BCUT2D eigenvalue weighted by Gasteiger charge is 2.06. The molecular formula is C10H12ClN3O. The van der Waals surface area contributed by atoms with Gasteiger partial charge in [0.05, 0.1) is 12.4 Å². The van der Waals surface area contributed by atoms with E-state index in [0.29, 0.717) is 6.54 Å². The third kappa shape index (κ3) is 4.08. The Bertz CT molecular complexity index is 365. The molecule has 1 heterocycles. The Balaban J connectivity index is 2.47. The van der Waals surface area contributed by atoms with E-state index >= 15 is 0 Å². The monoisotopic (exact) mass is 225 g/mol. The van der Waals surface area contributed by atoms with Crippen molar-refractivity contribution < 1.29 is 4.79 Å². The number of aromatic nitrogens is 2. The van der Waals surface area contributed by atoms with E-state index in [0.717, 1.165) is 6.42 Å². The molecule has 0 unspecified atom stereocenters. The number of carbonyl (C=O) groups is 1. The minimum Gasteiger partial charge on any atom is -0.350 e. The van der Waals surface area contributed by atoms with E-state index in [4.69, 9.17) is 11.6 Å². The zero-order chi connectivity index (χ0) is 11.1. The first-order valence-corrected chi connectivity index (χ1v) is 4.98. The van der Waals surface area contributed by atoms with E-state index in [1.165, 1.54) is 12.4 Å². The van der Waals surface area contributed by atoms with Crippen LogP contribution >= 0.6 is 11.6 Å². The summed E-state index contributed by atoms with van der Waals surface area (Å²) >= 11 is 5.61. The summed E-state index contributed by atoms with van der Waals surface area (Å²) in [6.45, 7) is 2.52. The first kappa shape index (κ1) is 11.7. The van der Waals surface area contributed by atoms with E-state index in [9.17, 15) is 4.79 Å². The number of amides is 1. The van der Waals surface area contributed by atoms with Gasteiger partial charge in [0.15, 0.2) is 0 Å². The quantitative estimate of drug-likeness (QED) is 0.628. The minimum absolute atomic E-state index is 0.219. The van der Waals surface area contributed by atoms with Crippen LogP contribution in [0.1, 0.15) is 23.8 Å². The molecular weight excluding hydrogens is 214 g/mol. The number of carbonyl (C=O) groups excluding carboxylic acids is 1. The van der Waals surface area contributed by atoms with Crippen LogP contribution in [-0.2, 0) is 0 Å². The second-order valence-electron chi connectivity index (χ2n) is 2.84. The van der Waals surface area contributed by atoms with E-state index < -0.39 is 0 Å². The second-order valence-corrected chi connectivity index (χ2v) is 3.23. The molecule has 1 aromatic heterocycles. The largest absolute Gasteiger partial charge is 0.350 e. The van der Waals surface area contributed by atoms with Gasteiger partial charge in [0.1, 0.15) is 10.8 Å². The highest BCUT2D eigenvalue weighted by Crippen LogP contribution is 2.01. The lowest BCUT2D eigenvalue weighted by molar-refractivity contribution is 0.0949. The van der Waals surface area contributed by atoms with Gasteiger partial charge in [-0.25, -0.2) is 4.98 Å². The molecule has 0 fully saturated rings. The van der Waals surface area contributed by atoms with Gasteiger partial charge in [0.25, 0.3) is 5.91 Å². The molecule has 1 amide bonds. The molecule has 0 aliphatic heterocycles. The Morgan fingerprint density at radius 3 is 3.07 bits per heavy atom. The van der Waals surface area contributed by atoms with Crippen LogP contribution in [0.25, 0.3) is 0 Å². The molecule has 80 valence electrons. The van der Waals surface area contributed by atoms with Crippen LogP contribution in [0.15, 0.2) is 24.5 Å². The highest BCUT2D eigenvalue weighted by molar-refractivity contribution is 6.29. The molecule has 1 aromatic rings. The topological polar surface area (TPSA) is 54.9 Å². The number of hydrogen-bond donors (Lipinski definition) is 1. The van der Waals surface area contributed by atoms with Crippen molar-refractivity contribution in [3.05, 3.63) is 35.4 Å². The molecule has 0 saturated carbocycles. The molecule has 0 aliphatic rings. The van der Waals surface area contributed by atoms with Gasteiger partial charge in [-0.3, -0.25) is 9.78 Å². The van der Waals surface area contributed by atoms with Crippen molar-refractivity contribution in [1.29, 1.82) is 0 Å². The summed E-state index contributed by atoms with van der Waals surface area (Å²) in [6, 6.07) is 0. The highest BCUT2D eigenvalue weighted by atomic mass is 35.5. The standard InChI is InChI=1S/C10H12ClN3O/c1-2-3-4-5-13-10(15)8-6-12-7-9(11)14-8/h2-3,6-7H,4-5H2,1H3,(H,13,15)/b3-2+. The Hall–Kier alpha value is -1.42. The molecule has 1 N–H and O–H groups in total. The average Bonchev–Trinajstić information content (AvgIpc) is 2.24. The number of nitrogens with zero attached hydrogens (tertiary/aromatic N) is 2. The summed E-state index contributed by atoms with van der Waals surface area (Å²) in [5.74, 6) is -0.255. The Morgan fingerprint density at radius 2 is 2.40 bits per heavy atom. The van der Waals surface area contributed by atoms with Crippen molar-refractivity contribution in [2.45, 2.75) is 13.3 Å². The lowest BCUT2D eigenvalue weighted by Crippen LogP contribution is -2.25. The molecule has 0 atom stereocenters. The number of allylic oxidation sites excluding steroid dienone is 1. The minimum atomic E-state index is -0.255. The second kappa shape index (κ2) is 6.14. The zero-order valence-corrected chi connectivity index (χ0v) is 9.16. The fraction of sp³-hybridized carbons (Fsp3) is 0.300. The maximum absolute atomic E-state index is 11.5. The van der Waals surface area contributed by atoms with Crippen LogP contribution in [-0.4, -0.2) is 22.4 Å². The predicted molar refractivity (Wildman–Crippen MR) is 58.8 cm³/mol. The maximum Gasteiger partial charge on any atom is 0.271 e. The van der Waals surface area contributed by atoms with Gasteiger partial charge < -0.3 is 5.32 Å². The third-order valence-corrected chi connectivity index (χ3v) is 1.85. The molecule has 0 saturated heterocycles. The number of nitrogens with one attached hydrogen (secondary N) is 1. The molecule has 0 bridgehead atoms. The van der Waals surface area contributed by atoms with Gasteiger partial charge in [0, 0.05) is 6.54 Å². The Morgan fingerprint density at radius 1 is 1.60 bits per heavy atom. The molecule has 0 spiro atoms. The summed E-state index contributed by atoms with van der Waals surface area (Å²) in [5.41, 5.74) is 0.239. The van der Waals surface area contributed by atoms with Crippen LogP contribution in [0.3, 0.4) is 0 Å². The van der Waals surface area contributed by atoms with Crippen LogP contribution in [0.4, 0.5) is 0 Å². The van der Waals surface area contributed by atoms with Crippen molar-refractivity contribution in [3.63, 3.8) is 0 Å². The first-order chi connectivity index (χ1) is 7.24.